The quantitative estimate of drug-likeness (QED) is 0.916. The zero-order valence-electron chi connectivity index (χ0n) is 12.0. The molecular formula is C15H18F3N3. The van der Waals surface area contributed by atoms with Gasteiger partial charge in [0.05, 0.1) is 12.7 Å². The van der Waals surface area contributed by atoms with Crippen LogP contribution in [-0.4, -0.2) is 15.8 Å². The summed E-state index contributed by atoms with van der Waals surface area (Å²) < 4.78 is 40.9. The Balaban J connectivity index is 2.29. The summed E-state index contributed by atoms with van der Waals surface area (Å²) in [6, 6.07) is 9.11. The summed E-state index contributed by atoms with van der Waals surface area (Å²) in [6.07, 6.45) is -3.12. The summed E-state index contributed by atoms with van der Waals surface area (Å²) in [5, 5.41) is 6.91. The van der Waals surface area contributed by atoms with E-state index in [0.717, 1.165) is 10.2 Å². The molecule has 3 nitrogen and oxygen atoms in total. The predicted octanol–water partition coefficient (Wildman–Crippen LogP) is 3.45. The average molecular weight is 297 g/mol. The molecule has 1 N–H and O–H groups in total. The van der Waals surface area contributed by atoms with Gasteiger partial charge in [-0.3, -0.25) is 4.68 Å². The summed E-state index contributed by atoms with van der Waals surface area (Å²) in [5.74, 6) is 0. The Kier molecular flexibility index (Phi) is 4.67. The van der Waals surface area contributed by atoms with Crippen LogP contribution < -0.4 is 5.32 Å². The second-order valence-corrected chi connectivity index (χ2v) is 5.20. The molecule has 1 aromatic heterocycles. The van der Waals surface area contributed by atoms with Crippen molar-refractivity contribution in [3.05, 3.63) is 53.3 Å². The largest absolute Gasteiger partial charge is 0.433 e. The molecule has 0 saturated carbocycles. The molecule has 0 aliphatic heterocycles. The van der Waals surface area contributed by atoms with E-state index < -0.39 is 11.9 Å². The standard InChI is InChI=1S/C15H18F3N3/c1-11(2)19-8-13-9-20-21(14(13)15(16,17)18)10-12-6-4-3-5-7-12/h3-7,9,11,19H,8,10H2,1-2H3. The summed E-state index contributed by atoms with van der Waals surface area (Å²) in [7, 11) is 0. The fraction of sp³-hybridized carbons (Fsp3) is 0.400. The molecule has 1 heterocycles. The molecule has 0 aliphatic carbocycles. The fourth-order valence-corrected chi connectivity index (χ4v) is 2.07. The monoisotopic (exact) mass is 297 g/mol. The van der Waals surface area contributed by atoms with Crippen molar-refractivity contribution in [3.8, 4) is 0 Å². The van der Waals surface area contributed by atoms with Gasteiger partial charge in [0.1, 0.15) is 5.69 Å². The van der Waals surface area contributed by atoms with Gasteiger partial charge in [0.2, 0.25) is 0 Å². The molecule has 21 heavy (non-hydrogen) atoms. The Morgan fingerprint density at radius 2 is 1.86 bits per heavy atom. The number of benzene rings is 1. The minimum atomic E-state index is -4.42. The first-order chi connectivity index (χ1) is 9.88. The van der Waals surface area contributed by atoms with E-state index in [1.54, 1.807) is 24.3 Å². The highest BCUT2D eigenvalue weighted by Gasteiger charge is 2.37. The van der Waals surface area contributed by atoms with E-state index in [0.29, 0.717) is 0 Å². The number of halogens is 3. The van der Waals surface area contributed by atoms with Crippen molar-refractivity contribution in [1.29, 1.82) is 0 Å². The molecule has 2 rings (SSSR count). The van der Waals surface area contributed by atoms with Crippen LogP contribution in [0.1, 0.15) is 30.7 Å². The van der Waals surface area contributed by atoms with Gasteiger partial charge in [-0.05, 0) is 5.56 Å². The van der Waals surface area contributed by atoms with Crippen molar-refractivity contribution in [2.24, 2.45) is 0 Å². The maximum absolute atomic E-state index is 13.3. The van der Waals surface area contributed by atoms with Gasteiger partial charge >= 0.3 is 6.18 Å². The zero-order valence-corrected chi connectivity index (χ0v) is 12.0. The van der Waals surface area contributed by atoms with Crippen LogP contribution in [0, 0.1) is 0 Å². The van der Waals surface area contributed by atoms with Gasteiger partial charge in [0, 0.05) is 18.2 Å². The molecule has 0 spiro atoms. The van der Waals surface area contributed by atoms with Crippen LogP contribution in [0.5, 0.6) is 0 Å². The third-order valence-electron chi connectivity index (χ3n) is 3.06. The minimum absolute atomic E-state index is 0.108. The highest BCUT2D eigenvalue weighted by molar-refractivity contribution is 5.23. The van der Waals surface area contributed by atoms with Crippen molar-refractivity contribution in [2.75, 3.05) is 0 Å². The third-order valence-corrected chi connectivity index (χ3v) is 3.06. The molecule has 0 saturated heterocycles. The van der Waals surface area contributed by atoms with E-state index in [9.17, 15) is 13.2 Å². The molecule has 0 amide bonds. The number of hydrogen-bond acceptors (Lipinski definition) is 2. The van der Waals surface area contributed by atoms with Gasteiger partial charge in [0.25, 0.3) is 0 Å². The number of nitrogens with zero attached hydrogens (tertiary/aromatic N) is 2. The maximum atomic E-state index is 13.3. The number of rotatable bonds is 5. The van der Waals surface area contributed by atoms with Gasteiger partial charge in [-0.25, -0.2) is 0 Å². The van der Waals surface area contributed by atoms with E-state index in [1.807, 2.05) is 19.9 Å². The second kappa shape index (κ2) is 6.30. The lowest BCUT2D eigenvalue weighted by atomic mass is 10.2. The van der Waals surface area contributed by atoms with Gasteiger partial charge in [-0.2, -0.15) is 18.3 Å². The number of hydrogen-bond donors (Lipinski definition) is 1. The number of aromatic nitrogens is 2. The van der Waals surface area contributed by atoms with Crippen LogP contribution in [0.25, 0.3) is 0 Å². The Bertz CT molecular complexity index is 574. The molecule has 0 aliphatic rings. The smallest absolute Gasteiger partial charge is 0.310 e. The predicted molar refractivity (Wildman–Crippen MR) is 74.7 cm³/mol. The van der Waals surface area contributed by atoms with Crippen molar-refractivity contribution in [1.82, 2.24) is 15.1 Å². The summed E-state index contributed by atoms with van der Waals surface area (Å²) >= 11 is 0. The number of nitrogens with one attached hydrogen (secondary N) is 1. The van der Waals surface area contributed by atoms with Crippen molar-refractivity contribution < 1.29 is 13.2 Å². The average Bonchev–Trinajstić information content (AvgIpc) is 2.80. The first kappa shape index (κ1) is 15.6. The first-order valence-corrected chi connectivity index (χ1v) is 6.77. The topological polar surface area (TPSA) is 29.9 Å². The highest BCUT2D eigenvalue weighted by Crippen LogP contribution is 2.32. The molecule has 0 atom stereocenters. The molecule has 0 bridgehead atoms. The SMILES string of the molecule is CC(C)NCc1cnn(Cc2ccccc2)c1C(F)(F)F. The summed E-state index contributed by atoms with van der Waals surface area (Å²) in [5.41, 5.74) is 0.279. The van der Waals surface area contributed by atoms with Crippen LogP contribution in [0.4, 0.5) is 13.2 Å². The minimum Gasteiger partial charge on any atom is -0.310 e. The van der Waals surface area contributed by atoms with Gasteiger partial charge in [0.15, 0.2) is 0 Å². The van der Waals surface area contributed by atoms with Crippen LogP contribution in [0.15, 0.2) is 36.5 Å². The fourth-order valence-electron chi connectivity index (χ4n) is 2.07. The van der Waals surface area contributed by atoms with Gasteiger partial charge in [-0.1, -0.05) is 44.2 Å². The summed E-state index contributed by atoms with van der Waals surface area (Å²) in [4.78, 5) is 0. The second-order valence-electron chi connectivity index (χ2n) is 5.20. The van der Waals surface area contributed by atoms with Crippen molar-refractivity contribution in [2.45, 2.75) is 39.2 Å². The van der Waals surface area contributed by atoms with E-state index in [2.05, 4.69) is 10.4 Å². The van der Waals surface area contributed by atoms with E-state index >= 15 is 0 Å². The van der Waals surface area contributed by atoms with E-state index in [-0.39, 0.29) is 24.7 Å². The molecule has 6 heteroatoms. The Morgan fingerprint density at radius 3 is 2.43 bits per heavy atom. The van der Waals surface area contributed by atoms with Crippen LogP contribution in [0.2, 0.25) is 0 Å². The van der Waals surface area contributed by atoms with E-state index in [4.69, 9.17) is 0 Å². The normalized spacial score (nSPS) is 12.1. The Labute approximate surface area is 121 Å². The third kappa shape index (κ3) is 4.07. The number of alkyl halides is 3. The molecule has 2 aromatic rings. The van der Waals surface area contributed by atoms with Crippen LogP contribution in [0.3, 0.4) is 0 Å². The lowest BCUT2D eigenvalue weighted by molar-refractivity contribution is -0.144. The molecule has 0 radical (unpaired) electrons. The van der Waals surface area contributed by atoms with Gasteiger partial charge < -0.3 is 5.32 Å². The van der Waals surface area contributed by atoms with Crippen LogP contribution >= 0.6 is 0 Å². The Morgan fingerprint density at radius 1 is 1.19 bits per heavy atom. The first-order valence-electron chi connectivity index (χ1n) is 6.77. The van der Waals surface area contributed by atoms with Crippen molar-refractivity contribution >= 4 is 0 Å². The molecule has 1 aromatic carbocycles. The Hall–Kier alpha value is -1.82. The van der Waals surface area contributed by atoms with E-state index in [1.165, 1.54) is 6.20 Å². The molecule has 114 valence electrons. The zero-order chi connectivity index (χ0) is 15.5. The van der Waals surface area contributed by atoms with Crippen LogP contribution in [-0.2, 0) is 19.3 Å². The maximum Gasteiger partial charge on any atom is 0.433 e. The lowest BCUT2D eigenvalue weighted by Crippen LogP contribution is -2.24. The molecular weight excluding hydrogens is 279 g/mol. The molecule has 0 fully saturated rings. The van der Waals surface area contributed by atoms with Crippen molar-refractivity contribution in [3.63, 3.8) is 0 Å². The molecule has 0 unspecified atom stereocenters. The summed E-state index contributed by atoms with van der Waals surface area (Å²) in [6.45, 7) is 4.04. The lowest BCUT2D eigenvalue weighted by Gasteiger charge is -2.14. The van der Waals surface area contributed by atoms with Gasteiger partial charge in [-0.15, -0.1) is 0 Å². The highest BCUT2D eigenvalue weighted by atomic mass is 19.4.